The maximum atomic E-state index is 12.8. The quantitative estimate of drug-likeness (QED) is 0.762. The monoisotopic (exact) mass is 239 g/mol. The summed E-state index contributed by atoms with van der Waals surface area (Å²) in [5, 5.41) is 8.75. The Kier molecular flexibility index (Phi) is 4.16. The summed E-state index contributed by atoms with van der Waals surface area (Å²) in [6, 6.07) is 4.10. The van der Waals surface area contributed by atoms with Gasteiger partial charge in [-0.1, -0.05) is 0 Å². The second-order valence-electron chi connectivity index (χ2n) is 3.39. The number of nitriles is 1. The Balaban J connectivity index is 3.34. The maximum absolute atomic E-state index is 12.8. The Labute approximate surface area is 97.6 Å². The Morgan fingerprint density at radius 1 is 1.53 bits per heavy atom. The second kappa shape index (κ2) is 5.39. The van der Waals surface area contributed by atoms with Crippen molar-refractivity contribution < 1.29 is 18.3 Å². The Morgan fingerprint density at radius 3 is 2.65 bits per heavy atom. The third kappa shape index (κ3) is 2.78. The van der Waals surface area contributed by atoms with Crippen molar-refractivity contribution in [2.75, 3.05) is 6.61 Å². The third-order valence-electron chi connectivity index (χ3n) is 2.25. The smallest absolute Gasteiger partial charge is 0.338 e. The van der Waals surface area contributed by atoms with Crippen LogP contribution < -0.4 is 0 Å². The van der Waals surface area contributed by atoms with Crippen LogP contribution in [0.1, 0.15) is 40.4 Å². The number of benzene rings is 1. The number of hydrogen-bond acceptors (Lipinski definition) is 3. The van der Waals surface area contributed by atoms with Crippen molar-refractivity contribution in [3.05, 3.63) is 34.4 Å². The van der Waals surface area contributed by atoms with Crippen LogP contribution in [0, 0.1) is 18.3 Å². The number of carbonyl (C=O) groups is 1. The molecule has 0 amide bonds. The van der Waals surface area contributed by atoms with Gasteiger partial charge in [0.2, 0.25) is 0 Å². The van der Waals surface area contributed by atoms with E-state index in [1.54, 1.807) is 19.9 Å². The summed E-state index contributed by atoms with van der Waals surface area (Å²) in [5.74, 6) is -0.796. The predicted molar refractivity (Wildman–Crippen MR) is 56.8 cm³/mol. The number of ether oxygens (including phenoxy) is 1. The molecule has 0 saturated heterocycles. The summed E-state index contributed by atoms with van der Waals surface area (Å²) >= 11 is 0. The molecular weight excluding hydrogens is 228 g/mol. The highest BCUT2D eigenvalue weighted by atomic mass is 19.3. The molecule has 0 radical (unpaired) electrons. The molecule has 0 aliphatic rings. The van der Waals surface area contributed by atoms with Gasteiger partial charge in [0.25, 0.3) is 6.43 Å². The van der Waals surface area contributed by atoms with Crippen LogP contribution >= 0.6 is 0 Å². The highest BCUT2D eigenvalue weighted by Gasteiger charge is 2.21. The first-order valence-electron chi connectivity index (χ1n) is 5.01. The predicted octanol–water partition coefficient (Wildman–Crippen LogP) is 2.98. The van der Waals surface area contributed by atoms with Gasteiger partial charge in [-0.3, -0.25) is 0 Å². The van der Waals surface area contributed by atoms with Crippen molar-refractivity contribution in [3.8, 4) is 6.07 Å². The van der Waals surface area contributed by atoms with Gasteiger partial charge in [0.15, 0.2) is 0 Å². The van der Waals surface area contributed by atoms with E-state index in [1.165, 1.54) is 6.07 Å². The molecule has 0 fully saturated rings. The van der Waals surface area contributed by atoms with Crippen molar-refractivity contribution in [2.24, 2.45) is 0 Å². The molecule has 0 aliphatic heterocycles. The van der Waals surface area contributed by atoms with Gasteiger partial charge in [-0.15, -0.1) is 0 Å². The van der Waals surface area contributed by atoms with Crippen LogP contribution in [0.2, 0.25) is 0 Å². The molecule has 0 spiro atoms. The van der Waals surface area contributed by atoms with Crippen molar-refractivity contribution in [3.63, 3.8) is 0 Å². The fraction of sp³-hybridized carbons (Fsp3) is 0.333. The highest BCUT2D eigenvalue weighted by Crippen LogP contribution is 2.26. The SMILES string of the molecule is CCOC(=O)c1cc(C)c(C#N)cc1C(F)F. The van der Waals surface area contributed by atoms with Crippen LogP contribution in [-0.4, -0.2) is 12.6 Å². The first-order valence-corrected chi connectivity index (χ1v) is 5.01. The molecule has 90 valence electrons. The molecule has 3 nitrogen and oxygen atoms in total. The number of aryl methyl sites for hydroxylation is 1. The van der Waals surface area contributed by atoms with Crippen LogP contribution in [0.3, 0.4) is 0 Å². The van der Waals surface area contributed by atoms with Gasteiger partial charge in [0.05, 0.1) is 23.8 Å². The summed E-state index contributed by atoms with van der Waals surface area (Å²) in [7, 11) is 0. The molecule has 0 atom stereocenters. The fourth-order valence-electron chi connectivity index (χ4n) is 1.41. The van der Waals surface area contributed by atoms with Gasteiger partial charge in [-0.2, -0.15) is 5.26 Å². The first-order chi connectivity index (χ1) is 8.01. The van der Waals surface area contributed by atoms with Crippen molar-refractivity contribution in [1.82, 2.24) is 0 Å². The zero-order chi connectivity index (χ0) is 13.0. The van der Waals surface area contributed by atoms with Crippen LogP contribution in [0.5, 0.6) is 0 Å². The van der Waals surface area contributed by atoms with E-state index in [1.807, 2.05) is 0 Å². The van der Waals surface area contributed by atoms with Crippen LogP contribution in [-0.2, 0) is 4.74 Å². The van der Waals surface area contributed by atoms with E-state index >= 15 is 0 Å². The van der Waals surface area contributed by atoms with Crippen molar-refractivity contribution in [2.45, 2.75) is 20.3 Å². The van der Waals surface area contributed by atoms with Crippen LogP contribution in [0.15, 0.2) is 12.1 Å². The molecule has 1 aromatic rings. The molecular formula is C12H11F2NO2. The molecule has 0 aliphatic carbocycles. The summed E-state index contributed by atoms with van der Waals surface area (Å²) in [5.41, 5.74) is -0.0442. The van der Waals surface area contributed by atoms with E-state index in [-0.39, 0.29) is 17.7 Å². The first kappa shape index (κ1) is 13.1. The number of nitrogens with zero attached hydrogens (tertiary/aromatic N) is 1. The molecule has 1 aromatic carbocycles. The van der Waals surface area contributed by atoms with Gasteiger partial charge in [0.1, 0.15) is 0 Å². The van der Waals surface area contributed by atoms with Gasteiger partial charge < -0.3 is 4.74 Å². The highest BCUT2D eigenvalue weighted by molar-refractivity contribution is 5.91. The topological polar surface area (TPSA) is 50.1 Å². The average molecular weight is 239 g/mol. The Bertz CT molecular complexity index is 478. The fourth-order valence-corrected chi connectivity index (χ4v) is 1.41. The molecule has 5 heteroatoms. The lowest BCUT2D eigenvalue weighted by Crippen LogP contribution is -2.09. The van der Waals surface area contributed by atoms with Crippen molar-refractivity contribution in [1.29, 1.82) is 5.26 Å². The lowest BCUT2D eigenvalue weighted by Gasteiger charge is -2.10. The van der Waals surface area contributed by atoms with Gasteiger partial charge in [-0.25, -0.2) is 13.6 Å². The number of carbonyl (C=O) groups excluding carboxylic acids is 1. The average Bonchev–Trinajstić information content (AvgIpc) is 2.28. The molecule has 0 unspecified atom stereocenters. The summed E-state index contributed by atoms with van der Waals surface area (Å²) in [4.78, 5) is 11.5. The number of hydrogen-bond donors (Lipinski definition) is 0. The molecule has 17 heavy (non-hydrogen) atoms. The lowest BCUT2D eigenvalue weighted by molar-refractivity contribution is 0.0515. The summed E-state index contributed by atoms with van der Waals surface area (Å²) in [6.07, 6.45) is -2.82. The van der Waals surface area contributed by atoms with Gasteiger partial charge in [0, 0.05) is 5.56 Å². The maximum Gasteiger partial charge on any atom is 0.338 e. The van der Waals surface area contributed by atoms with E-state index in [2.05, 4.69) is 0 Å². The molecule has 1 rings (SSSR count). The van der Waals surface area contributed by atoms with Gasteiger partial charge in [-0.05, 0) is 31.5 Å². The molecule has 0 aromatic heterocycles. The van der Waals surface area contributed by atoms with Crippen LogP contribution in [0.4, 0.5) is 8.78 Å². The third-order valence-corrected chi connectivity index (χ3v) is 2.25. The number of rotatable bonds is 3. The summed E-state index contributed by atoms with van der Waals surface area (Å²) < 4.78 is 30.2. The van der Waals surface area contributed by atoms with E-state index < -0.39 is 18.0 Å². The standard InChI is InChI=1S/C12H11F2NO2/c1-3-17-12(16)10-4-7(2)8(6-15)5-9(10)11(13)14/h4-5,11H,3H2,1-2H3. The number of alkyl halides is 2. The normalized spacial score (nSPS) is 10.1. The van der Waals surface area contributed by atoms with E-state index in [4.69, 9.17) is 10.00 Å². The lowest BCUT2D eigenvalue weighted by atomic mass is 10.00. The number of esters is 1. The molecule has 0 saturated carbocycles. The molecule has 0 N–H and O–H groups in total. The molecule has 0 bridgehead atoms. The number of halogens is 2. The minimum absolute atomic E-state index is 0.112. The minimum Gasteiger partial charge on any atom is -0.462 e. The second-order valence-corrected chi connectivity index (χ2v) is 3.39. The zero-order valence-corrected chi connectivity index (χ0v) is 9.46. The zero-order valence-electron chi connectivity index (χ0n) is 9.46. The van der Waals surface area contributed by atoms with E-state index in [9.17, 15) is 13.6 Å². The largest absolute Gasteiger partial charge is 0.462 e. The van der Waals surface area contributed by atoms with Gasteiger partial charge >= 0.3 is 5.97 Å². The molecule has 0 heterocycles. The Hall–Kier alpha value is -1.96. The van der Waals surface area contributed by atoms with Crippen LogP contribution in [0.25, 0.3) is 0 Å². The van der Waals surface area contributed by atoms with E-state index in [0.29, 0.717) is 5.56 Å². The van der Waals surface area contributed by atoms with E-state index in [0.717, 1.165) is 6.07 Å². The minimum atomic E-state index is -2.82. The Morgan fingerprint density at radius 2 is 2.18 bits per heavy atom. The van der Waals surface area contributed by atoms with Crippen molar-refractivity contribution >= 4 is 5.97 Å². The summed E-state index contributed by atoms with van der Waals surface area (Å²) in [6.45, 7) is 3.29.